The first-order chi connectivity index (χ1) is 15.5. The molecule has 1 atom stereocenters. The van der Waals surface area contributed by atoms with E-state index in [4.69, 9.17) is 9.47 Å². The molecule has 0 fully saturated rings. The van der Waals surface area contributed by atoms with E-state index in [1.807, 2.05) is 61.1 Å². The average Bonchev–Trinajstić information content (AvgIpc) is 3.38. The SMILES string of the molecule is COc1ccc(-c2nn(C)c3sc(C(=O)N[C@H](C)CCc4ccccc4)cc23)cc1OC. The Kier molecular flexibility index (Phi) is 6.46. The molecule has 2 heterocycles. The minimum atomic E-state index is -0.0509. The Hall–Kier alpha value is -3.32. The van der Waals surface area contributed by atoms with Gasteiger partial charge in [0, 0.05) is 24.0 Å². The molecule has 0 unspecified atom stereocenters. The lowest BCUT2D eigenvalue weighted by molar-refractivity contribution is 0.0942. The zero-order valence-electron chi connectivity index (χ0n) is 18.7. The van der Waals surface area contributed by atoms with Gasteiger partial charge in [-0.25, -0.2) is 0 Å². The summed E-state index contributed by atoms with van der Waals surface area (Å²) < 4.78 is 12.6. The molecule has 32 heavy (non-hydrogen) atoms. The van der Waals surface area contributed by atoms with E-state index in [0.29, 0.717) is 16.4 Å². The van der Waals surface area contributed by atoms with E-state index >= 15 is 0 Å². The van der Waals surface area contributed by atoms with Gasteiger partial charge in [0.05, 0.1) is 19.1 Å². The molecule has 4 aromatic rings. The molecule has 0 saturated heterocycles. The van der Waals surface area contributed by atoms with Crippen LogP contribution in [0.15, 0.2) is 54.6 Å². The van der Waals surface area contributed by atoms with Gasteiger partial charge in [0.2, 0.25) is 0 Å². The molecule has 0 radical (unpaired) electrons. The van der Waals surface area contributed by atoms with Crippen LogP contribution in [-0.4, -0.2) is 35.9 Å². The average molecular weight is 450 g/mol. The van der Waals surface area contributed by atoms with E-state index in [0.717, 1.165) is 34.3 Å². The first-order valence-electron chi connectivity index (χ1n) is 10.5. The van der Waals surface area contributed by atoms with Crippen molar-refractivity contribution in [3.8, 4) is 22.8 Å². The van der Waals surface area contributed by atoms with Crippen LogP contribution < -0.4 is 14.8 Å². The topological polar surface area (TPSA) is 65.4 Å². The fraction of sp³-hybridized carbons (Fsp3) is 0.280. The minimum Gasteiger partial charge on any atom is -0.493 e. The summed E-state index contributed by atoms with van der Waals surface area (Å²) in [5, 5.41) is 8.76. The fourth-order valence-corrected chi connectivity index (χ4v) is 4.72. The first kappa shape index (κ1) is 21.9. The number of carbonyl (C=O) groups excluding carboxylic acids is 1. The van der Waals surface area contributed by atoms with E-state index in [1.54, 1.807) is 14.2 Å². The molecule has 6 nitrogen and oxygen atoms in total. The van der Waals surface area contributed by atoms with Crippen molar-refractivity contribution in [3.05, 3.63) is 65.0 Å². The first-order valence-corrected chi connectivity index (χ1v) is 11.4. The van der Waals surface area contributed by atoms with Crippen LogP contribution in [0.1, 0.15) is 28.6 Å². The quantitative estimate of drug-likeness (QED) is 0.408. The molecule has 0 aliphatic rings. The summed E-state index contributed by atoms with van der Waals surface area (Å²) in [6, 6.07) is 18.1. The highest BCUT2D eigenvalue weighted by molar-refractivity contribution is 7.20. The molecule has 1 amide bonds. The third-order valence-corrected chi connectivity index (χ3v) is 6.68. The van der Waals surface area contributed by atoms with Gasteiger partial charge < -0.3 is 14.8 Å². The minimum absolute atomic E-state index is 0.0509. The van der Waals surface area contributed by atoms with Crippen molar-refractivity contribution in [2.75, 3.05) is 14.2 Å². The Morgan fingerprint density at radius 2 is 1.84 bits per heavy atom. The number of amides is 1. The number of methoxy groups -OCH3 is 2. The van der Waals surface area contributed by atoms with E-state index in [-0.39, 0.29) is 11.9 Å². The molecule has 1 N–H and O–H groups in total. The highest BCUT2D eigenvalue weighted by atomic mass is 32.1. The van der Waals surface area contributed by atoms with Crippen molar-refractivity contribution in [2.45, 2.75) is 25.8 Å². The van der Waals surface area contributed by atoms with E-state index < -0.39 is 0 Å². The van der Waals surface area contributed by atoms with Crippen molar-refractivity contribution < 1.29 is 14.3 Å². The molecular formula is C25H27N3O3S. The van der Waals surface area contributed by atoms with Crippen LogP contribution in [-0.2, 0) is 13.5 Å². The van der Waals surface area contributed by atoms with Gasteiger partial charge in [0.15, 0.2) is 11.5 Å². The monoisotopic (exact) mass is 449 g/mol. The molecule has 0 bridgehead atoms. The Morgan fingerprint density at radius 1 is 1.09 bits per heavy atom. The number of rotatable bonds is 8. The highest BCUT2D eigenvalue weighted by Gasteiger charge is 2.20. The maximum atomic E-state index is 12.9. The second-order valence-electron chi connectivity index (χ2n) is 7.77. The van der Waals surface area contributed by atoms with Crippen molar-refractivity contribution in [3.63, 3.8) is 0 Å². The Bertz CT molecular complexity index is 1230. The lowest BCUT2D eigenvalue weighted by Crippen LogP contribution is -2.32. The fourth-order valence-electron chi connectivity index (χ4n) is 3.74. The zero-order chi connectivity index (χ0) is 22.7. The standard InChI is InChI=1S/C25H27N3O3S/c1-16(10-11-17-8-6-5-7-9-17)26-24(29)22-15-19-23(27-28(2)25(19)32-22)18-12-13-20(30-3)21(14-18)31-4/h5-9,12-16H,10-11H2,1-4H3,(H,26,29)/t16-/m1/s1. The summed E-state index contributed by atoms with van der Waals surface area (Å²) in [7, 11) is 5.12. The molecule has 0 aliphatic carbocycles. The number of hydrogen-bond donors (Lipinski definition) is 1. The maximum Gasteiger partial charge on any atom is 0.261 e. The Labute approximate surface area is 191 Å². The molecule has 2 aromatic heterocycles. The number of aromatic nitrogens is 2. The summed E-state index contributed by atoms with van der Waals surface area (Å²) in [5.74, 6) is 1.26. The van der Waals surface area contributed by atoms with E-state index in [2.05, 4.69) is 22.5 Å². The Balaban J connectivity index is 1.53. The lowest BCUT2D eigenvalue weighted by Gasteiger charge is -2.13. The summed E-state index contributed by atoms with van der Waals surface area (Å²) in [5.41, 5.74) is 3.01. The van der Waals surface area contributed by atoms with Crippen molar-refractivity contribution in [2.24, 2.45) is 7.05 Å². The third kappa shape index (κ3) is 4.48. The summed E-state index contributed by atoms with van der Waals surface area (Å²) in [4.78, 5) is 14.5. The van der Waals surface area contributed by atoms with Crippen LogP contribution in [0.4, 0.5) is 0 Å². The number of ether oxygens (including phenoxy) is 2. The number of benzene rings is 2. The van der Waals surface area contributed by atoms with Crippen molar-refractivity contribution in [1.29, 1.82) is 0 Å². The lowest BCUT2D eigenvalue weighted by atomic mass is 10.1. The summed E-state index contributed by atoms with van der Waals surface area (Å²) in [6.07, 6.45) is 1.82. The van der Waals surface area contributed by atoms with Gasteiger partial charge >= 0.3 is 0 Å². The number of thiophene rings is 1. The van der Waals surface area contributed by atoms with Crippen LogP contribution in [0.5, 0.6) is 11.5 Å². The number of nitrogens with zero attached hydrogens (tertiary/aromatic N) is 2. The molecule has 166 valence electrons. The zero-order valence-corrected chi connectivity index (χ0v) is 19.5. The number of fused-ring (bicyclic) bond motifs is 1. The van der Waals surface area contributed by atoms with Gasteiger partial charge in [-0.15, -0.1) is 11.3 Å². The number of nitrogens with one attached hydrogen (secondary N) is 1. The normalized spacial score (nSPS) is 12.0. The predicted octanol–water partition coefficient (Wildman–Crippen LogP) is 5.07. The second-order valence-corrected chi connectivity index (χ2v) is 8.80. The number of hydrogen-bond acceptors (Lipinski definition) is 5. The van der Waals surface area contributed by atoms with Crippen molar-refractivity contribution in [1.82, 2.24) is 15.1 Å². The van der Waals surface area contributed by atoms with Gasteiger partial charge in [-0.1, -0.05) is 30.3 Å². The Morgan fingerprint density at radius 3 is 2.56 bits per heavy atom. The van der Waals surface area contributed by atoms with Crippen LogP contribution in [0.25, 0.3) is 21.5 Å². The van der Waals surface area contributed by atoms with Crippen molar-refractivity contribution >= 4 is 27.5 Å². The van der Waals surface area contributed by atoms with Crippen LogP contribution in [0.3, 0.4) is 0 Å². The van der Waals surface area contributed by atoms with E-state index in [9.17, 15) is 4.79 Å². The largest absolute Gasteiger partial charge is 0.493 e. The van der Waals surface area contributed by atoms with Gasteiger partial charge in [-0.3, -0.25) is 9.48 Å². The molecule has 0 saturated carbocycles. The van der Waals surface area contributed by atoms with Crippen LogP contribution in [0.2, 0.25) is 0 Å². The molecule has 0 aliphatic heterocycles. The van der Waals surface area contributed by atoms with Gasteiger partial charge in [0.1, 0.15) is 10.5 Å². The van der Waals surface area contributed by atoms with Gasteiger partial charge in [-0.2, -0.15) is 5.10 Å². The van der Waals surface area contributed by atoms with Gasteiger partial charge in [-0.05, 0) is 49.6 Å². The second kappa shape index (κ2) is 9.44. The number of aryl methyl sites for hydroxylation is 2. The summed E-state index contributed by atoms with van der Waals surface area (Å²) in [6.45, 7) is 2.05. The predicted molar refractivity (Wildman–Crippen MR) is 129 cm³/mol. The third-order valence-electron chi connectivity index (χ3n) is 5.48. The molecule has 2 aromatic carbocycles. The van der Waals surface area contributed by atoms with E-state index in [1.165, 1.54) is 16.9 Å². The van der Waals surface area contributed by atoms with Crippen LogP contribution in [0, 0.1) is 0 Å². The number of carbonyl (C=O) groups is 1. The smallest absolute Gasteiger partial charge is 0.261 e. The maximum absolute atomic E-state index is 12.9. The molecule has 4 rings (SSSR count). The van der Waals surface area contributed by atoms with Crippen LogP contribution >= 0.6 is 11.3 Å². The molecule has 0 spiro atoms. The van der Waals surface area contributed by atoms with Gasteiger partial charge in [0.25, 0.3) is 5.91 Å². The molecule has 7 heteroatoms. The highest BCUT2D eigenvalue weighted by Crippen LogP contribution is 2.37. The summed E-state index contributed by atoms with van der Waals surface area (Å²) >= 11 is 1.45. The molecular weight excluding hydrogens is 422 g/mol.